The van der Waals surface area contributed by atoms with Crippen molar-refractivity contribution in [2.24, 2.45) is 14.1 Å². The number of carbonyl (C=O) groups excluding carboxylic acids is 1. The molecule has 0 unspecified atom stereocenters. The molecule has 2 aromatic heterocycles. The quantitative estimate of drug-likeness (QED) is 0.747. The van der Waals surface area contributed by atoms with E-state index in [-0.39, 0.29) is 11.4 Å². The van der Waals surface area contributed by atoms with Crippen LogP contribution < -0.4 is 0 Å². The molecule has 2 aromatic rings. The zero-order valence-electron chi connectivity index (χ0n) is 11.2. The summed E-state index contributed by atoms with van der Waals surface area (Å²) in [7, 11) is 3.30. The maximum absolute atomic E-state index is 10.9. The fourth-order valence-electron chi connectivity index (χ4n) is 1.09. The van der Waals surface area contributed by atoms with Gasteiger partial charge >= 0.3 is 11.9 Å². The first-order valence-corrected chi connectivity index (χ1v) is 5.57. The Labute approximate surface area is 114 Å². The Hall–Kier alpha value is -2.78. The molecule has 0 bridgehead atoms. The summed E-state index contributed by atoms with van der Waals surface area (Å²) in [5.74, 6) is -1.48. The number of nitrogens with zero attached hydrogens (tertiary/aromatic N) is 6. The van der Waals surface area contributed by atoms with Gasteiger partial charge in [0, 0.05) is 14.1 Å². The second-order valence-corrected chi connectivity index (χ2v) is 3.58. The third-order valence-electron chi connectivity index (χ3n) is 1.91. The van der Waals surface area contributed by atoms with Gasteiger partial charge in [-0.15, -0.1) is 10.2 Å². The third kappa shape index (κ3) is 4.48. The maximum Gasteiger partial charge on any atom is 0.360 e. The van der Waals surface area contributed by atoms with E-state index in [1.165, 1.54) is 21.8 Å². The standard InChI is InChI=1S/C6H9N3O2.C4H5N3O2/c1-3-11-6(10)5-4-9(2)8-7-5;1-7-2-3(4(8)9)5-6-7/h4H,3H2,1-2H3;2H,1H3,(H,8,9). The highest BCUT2D eigenvalue weighted by molar-refractivity contribution is 5.86. The second kappa shape index (κ2) is 6.97. The molecular weight excluding hydrogens is 268 g/mol. The molecule has 108 valence electrons. The monoisotopic (exact) mass is 282 g/mol. The van der Waals surface area contributed by atoms with Gasteiger partial charge in [0.25, 0.3) is 0 Å². The van der Waals surface area contributed by atoms with E-state index in [0.717, 1.165) is 0 Å². The number of carbonyl (C=O) groups is 2. The number of rotatable bonds is 3. The molecule has 2 rings (SSSR count). The summed E-state index contributed by atoms with van der Waals surface area (Å²) in [5.41, 5.74) is 0.215. The molecule has 0 saturated carbocycles. The number of hydrogen-bond acceptors (Lipinski definition) is 7. The molecule has 0 aliphatic rings. The van der Waals surface area contributed by atoms with Crippen molar-refractivity contribution < 1.29 is 19.4 Å². The molecule has 1 N–H and O–H groups in total. The number of esters is 1. The molecule has 0 aliphatic carbocycles. The lowest BCUT2D eigenvalue weighted by atomic mass is 10.5. The van der Waals surface area contributed by atoms with Crippen LogP contribution in [0.15, 0.2) is 12.4 Å². The van der Waals surface area contributed by atoms with Crippen molar-refractivity contribution in [1.29, 1.82) is 0 Å². The number of ether oxygens (including phenoxy) is 1. The maximum atomic E-state index is 10.9. The first-order valence-electron chi connectivity index (χ1n) is 5.57. The summed E-state index contributed by atoms with van der Waals surface area (Å²) in [6.45, 7) is 2.10. The van der Waals surface area contributed by atoms with Gasteiger partial charge in [0.15, 0.2) is 11.4 Å². The van der Waals surface area contributed by atoms with Crippen molar-refractivity contribution in [2.75, 3.05) is 6.61 Å². The van der Waals surface area contributed by atoms with Crippen LogP contribution in [0.4, 0.5) is 0 Å². The predicted molar refractivity (Wildman–Crippen MR) is 64.9 cm³/mol. The van der Waals surface area contributed by atoms with Crippen molar-refractivity contribution in [3.8, 4) is 0 Å². The van der Waals surface area contributed by atoms with E-state index in [4.69, 9.17) is 5.11 Å². The smallest absolute Gasteiger partial charge is 0.360 e. The van der Waals surface area contributed by atoms with Gasteiger partial charge in [-0.25, -0.2) is 9.59 Å². The number of aromatic nitrogens is 6. The first-order chi connectivity index (χ1) is 9.43. The molecule has 10 heteroatoms. The van der Waals surface area contributed by atoms with Crippen LogP contribution in [0.25, 0.3) is 0 Å². The molecule has 0 aliphatic heterocycles. The molecule has 0 saturated heterocycles. The van der Waals surface area contributed by atoms with Gasteiger partial charge in [-0.3, -0.25) is 9.36 Å². The van der Waals surface area contributed by atoms with Crippen molar-refractivity contribution in [3.63, 3.8) is 0 Å². The minimum Gasteiger partial charge on any atom is -0.476 e. The van der Waals surface area contributed by atoms with Crippen LogP contribution in [0.2, 0.25) is 0 Å². The van der Waals surface area contributed by atoms with Crippen molar-refractivity contribution >= 4 is 11.9 Å². The minimum absolute atomic E-state index is 0.0301. The summed E-state index contributed by atoms with van der Waals surface area (Å²) in [6, 6.07) is 0. The van der Waals surface area contributed by atoms with Crippen LogP contribution >= 0.6 is 0 Å². The molecule has 0 aromatic carbocycles. The van der Waals surface area contributed by atoms with Crippen molar-refractivity contribution in [3.05, 3.63) is 23.8 Å². The number of aromatic carboxylic acids is 1. The van der Waals surface area contributed by atoms with Crippen molar-refractivity contribution in [2.45, 2.75) is 6.92 Å². The van der Waals surface area contributed by atoms with E-state index in [9.17, 15) is 9.59 Å². The Morgan fingerprint density at radius 2 is 1.65 bits per heavy atom. The largest absolute Gasteiger partial charge is 0.476 e. The van der Waals surface area contributed by atoms with Crippen LogP contribution in [0.3, 0.4) is 0 Å². The summed E-state index contributed by atoms with van der Waals surface area (Å²) >= 11 is 0. The Bertz CT molecular complexity index is 590. The molecule has 0 atom stereocenters. The fourth-order valence-corrected chi connectivity index (χ4v) is 1.09. The van der Waals surface area contributed by atoms with Gasteiger partial charge in [0.1, 0.15) is 0 Å². The Morgan fingerprint density at radius 3 is 1.95 bits per heavy atom. The third-order valence-corrected chi connectivity index (χ3v) is 1.91. The lowest BCUT2D eigenvalue weighted by Crippen LogP contribution is -2.04. The molecule has 0 spiro atoms. The summed E-state index contributed by atoms with van der Waals surface area (Å²) in [5, 5.41) is 22.2. The zero-order chi connectivity index (χ0) is 15.1. The van der Waals surface area contributed by atoms with E-state index in [2.05, 4.69) is 25.4 Å². The number of hydrogen-bond donors (Lipinski definition) is 1. The Morgan fingerprint density at radius 1 is 1.15 bits per heavy atom. The lowest BCUT2D eigenvalue weighted by molar-refractivity contribution is 0.0518. The Kier molecular flexibility index (Phi) is 5.32. The molecule has 20 heavy (non-hydrogen) atoms. The highest BCUT2D eigenvalue weighted by Crippen LogP contribution is 1.93. The molecule has 2 heterocycles. The first kappa shape index (κ1) is 15.3. The van der Waals surface area contributed by atoms with E-state index >= 15 is 0 Å². The van der Waals surface area contributed by atoms with Crippen LogP contribution in [0.1, 0.15) is 27.9 Å². The predicted octanol–water partition coefficient (Wildman–Crippen LogP) is -0.495. The van der Waals surface area contributed by atoms with Gasteiger partial charge in [-0.2, -0.15) is 0 Å². The molecule has 0 fully saturated rings. The number of aryl methyl sites for hydroxylation is 2. The Balaban J connectivity index is 0.000000204. The van der Waals surface area contributed by atoms with E-state index in [1.54, 1.807) is 21.0 Å². The zero-order valence-corrected chi connectivity index (χ0v) is 11.2. The van der Waals surface area contributed by atoms with Gasteiger partial charge in [-0.1, -0.05) is 10.4 Å². The van der Waals surface area contributed by atoms with Crippen LogP contribution in [-0.2, 0) is 18.8 Å². The highest BCUT2D eigenvalue weighted by Gasteiger charge is 2.09. The van der Waals surface area contributed by atoms with Gasteiger partial charge < -0.3 is 9.84 Å². The van der Waals surface area contributed by atoms with Crippen molar-refractivity contribution in [1.82, 2.24) is 30.0 Å². The van der Waals surface area contributed by atoms with E-state index in [0.29, 0.717) is 6.61 Å². The second-order valence-electron chi connectivity index (χ2n) is 3.58. The molecule has 0 amide bonds. The number of carboxylic acids is 1. The van der Waals surface area contributed by atoms with E-state index < -0.39 is 11.9 Å². The SMILES string of the molecule is CCOC(=O)c1cn(C)nn1.Cn1cc(C(=O)O)nn1. The minimum atomic E-state index is -1.05. The van der Waals surface area contributed by atoms with Gasteiger partial charge in [0.05, 0.1) is 19.0 Å². The molecule has 0 radical (unpaired) electrons. The summed E-state index contributed by atoms with van der Waals surface area (Å²) in [4.78, 5) is 21.0. The summed E-state index contributed by atoms with van der Waals surface area (Å²) < 4.78 is 7.47. The summed E-state index contributed by atoms with van der Waals surface area (Å²) in [6.07, 6.45) is 2.85. The van der Waals surface area contributed by atoms with Gasteiger partial charge in [-0.05, 0) is 6.92 Å². The fraction of sp³-hybridized carbons (Fsp3) is 0.400. The topological polar surface area (TPSA) is 125 Å². The number of carboxylic acid groups (broad SMARTS) is 1. The van der Waals surface area contributed by atoms with Crippen LogP contribution in [0.5, 0.6) is 0 Å². The van der Waals surface area contributed by atoms with Crippen LogP contribution in [-0.4, -0.2) is 53.6 Å². The average molecular weight is 282 g/mol. The lowest BCUT2D eigenvalue weighted by Gasteiger charge is -1.94. The van der Waals surface area contributed by atoms with Gasteiger partial charge in [0.2, 0.25) is 0 Å². The average Bonchev–Trinajstić information content (AvgIpc) is 2.99. The molecule has 10 nitrogen and oxygen atoms in total. The highest BCUT2D eigenvalue weighted by atomic mass is 16.5. The van der Waals surface area contributed by atoms with Crippen LogP contribution in [0, 0.1) is 0 Å². The molecular formula is C10H14N6O4. The van der Waals surface area contributed by atoms with E-state index in [1.807, 2.05) is 0 Å². The normalized spacial score (nSPS) is 9.55.